The second-order valence-corrected chi connectivity index (χ2v) is 6.93. The molecule has 0 saturated carbocycles. The highest BCUT2D eigenvalue weighted by atomic mass is 35.5. The topological polar surface area (TPSA) is 28.7 Å². The average molecular weight is 371 g/mol. The predicted molar refractivity (Wildman–Crippen MR) is 103 cm³/mol. The van der Waals surface area contributed by atoms with Crippen LogP contribution >= 0.6 is 34.5 Å². The van der Waals surface area contributed by atoms with Crippen molar-refractivity contribution in [3.05, 3.63) is 75.4 Å². The fourth-order valence-corrected chi connectivity index (χ4v) is 3.62. The molecule has 0 unspecified atom stereocenters. The molecule has 0 aliphatic carbocycles. The standard InChI is InChI=1S/C19H12Cl2N2S/c20-14-6-7-16(21)15(10-14)18-17(12-4-2-1-3-5-12)22-19(23-18)13-8-9-24-11-13/h1-11H,(H,22,23). The van der Waals surface area contributed by atoms with Crippen molar-refractivity contribution in [2.45, 2.75) is 0 Å². The van der Waals surface area contributed by atoms with Crippen LogP contribution in [0.2, 0.25) is 10.0 Å². The lowest BCUT2D eigenvalue weighted by Crippen LogP contribution is -1.85. The van der Waals surface area contributed by atoms with Gasteiger partial charge in [-0.1, -0.05) is 53.5 Å². The molecule has 4 aromatic rings. The second kappa shape index (κ2) is 6.44. The van der Waals surface area contributed by atoms with Crippen molar-refractivity contribution in [2.75, 3.05) is 0 Å². The number of aromatic amines is 1. The van der Waals surface area contributed by atoms with Crippen molar-refractivity contribution < 1.29 is 0 Å². The molecule has 0 radical (unpaired) electrons. The first-order valence-electron chi connectivity index (χ1n) is 7.36. The van der Waals surface area contributed by atoms with E-state index < -0.39 is 0 Å². The highest BCUT2D eigenvalue weighted by Gasteiger charge is 2.17. The van der Waals surface area contributed by atoms with Crippen molar-refractivity contribution in [1.82, 2.24) is 9.97 Å². The number of benzene rings is 2. The Morgan fingerprint density at radius 1 is 0.917 bits per heavy atom. The molecule has 5 heteroatoms. The Morgan fingerprint density at radius 2 is 1.75 bits per heavy atom. The maximum absolute atomic E-state index is 6.41. The summed E-state index contributed by atoms with van der Waals surface area (Å²) >= 11 is 14.2. The molecule has 0 amide bonds. The number of aromatic nitrogens is 2. The fraction of sp³-hybridized carbons (Fsp3) is 0. The minimum atomic E-state index is 0.625. The minimum Gasteiger partial charge on any atom is -0.337 e. The quantitative estimate of drug-likeness (QED) is 0.422. The third kappa shape index (κ3) is 2.86. The smallest absolute Gasteiger partial charge is 0.139 e. The van der Waals surface area contributed by atoms with Crippen LogP contribution in [0.1, 0.15) is 0 Å². The van der Waals surface area contributed by atoms with Crippen molar-refractivity contribution in [1.29, 1.82) is 0 Å². The molecule has 2 aromatic carbocycles. The number of halogens is 2. The van der Waals surface area contributed by atoms with Gasteiger partial charge in [-0.05, 0) is 29.6 Å². The van der Waals surface area contributed by atoms with Crippen molar-refractivity contribution in [3.63, 3.8) is 0 Å². The van der Waals surface area contributed by atoms with Crippen LogP contribution in [0.5, 0.6) is 0 Å². The molecule has 0 bridgehead atoms. The van der Waals surface area contributed by atoms with E-state index in [0.29, 0.717) is 10.0 Å². The van der Waals surface area contributed by atoms with Gasteiger partial charge in [0.05, 0.1) is 16.4 Å². The highest BCUT2D eigenvalue weighted by molar-refractivity contribution is 7.08. The van der Waals surface area contributed by atoms with Crippen molar-refractivity contribution >= 4 is 34.5 Å². The van der Waals surface area contributed by atoms with E-state index in [0.717, 1.165) is 33.9 Å². The maximum atomic E-state index is 6.41. The summed E-state index contributed by atoms with van der Waals surface area (Å²) < 4.78 is 0. The number of nitrogens with one attached hydrogen (secondary N) is 1. The number of H-pyrrole nitrogens is 1. The first kappa shape index (κ1) is 15.5. The Kier molecular flexibility index (Phi) is 4.15. The van der Waals surface area contributed by atoms with Gasteiger partial charge in [0.15, 0.2) is 0 Å². The summed E-state index contributed by atoms with van der Waals surface area (Å²) in [5.41, 5.74) is 4.66. The monoisotopic (exact) mass is 370 g/mol. The molecule has 4 rings (SSSR count). The molecule has 0 atom stereocenters. The van der Waals surface area contributed by atoms with E-state index in [2.05, 4.69) is 10.4 Å². The van der Waals surface area contributed by atoms with Crippen LogP contribution < -0.4 is 0 Å². The van der Waals surface area contributed by atoms with Gasteiger partial charge in [0.1, 0.15) is 5.82 Å². The number of hydrogen-bond acceptors (Lipinski definition) is 2. The molecule has 1 N–H and O–H groups in total. The SMILES string of the molecule is Clc1ccc(Cl)c(-c2nc(-c3ccsc3)[nH]c2-c2ccccc2)c1. The average Bonchev–Trinajstić information content (AvgIpc) is 3.27. The van der Waals surface area contributed by atoms with E-state index in [4.69, 9.17) is 28.2 Å². The van der Waals surface area contributed by atoms with Crippen LogP contribution in [0.15, 0.2) is 65.4 Å². The molecule has 0 fully saturated rings. The zero-order valence-corrected chi connectivity index (χ0v) is 14.8. The van der Waals surface area contributed by atoms with E-state index >= 15 is 0 Å². The van der Waals surface area contributed by atoms with Crippen LogP contribution in [0.4, 0.5) is 0 Å². The van der Waals surface area contributed by atoms with Crippen molar-refractivity contribution in [3.8, 4) is 33.9 Å². The summed E-state index contributed by atoms with van der Waals surface area (Å²) in [5, 5.41) is 5.36. The third-order valence-electron chi connectivity index (χ3n) is 3.74. The summed E-state index contributed by atoms with van der Waals surface area (Å²) in [4.78, 5) is 8.25. The van der Waals surface area contributed by atoms with Gasteiger partial charge in [-0.2, -0.15) is 11.3 Å². The molecule has 118 valence electrons. The molecule has 0 saturated heterocycles. The number of hydrogen-bond donors (Lipinski definition) is 1. The Bertz CT molecular complexity index is 976. The summed E-state index contributed by atoms with van der Waals surface area (Å²) in [5.74, 6) is 0.821. The van der Waals surface area contributed by atoms with E-state index in [-0.39, 0.29) is 0 Å². The lowest BCUT2D eigenvalue weighted by molar-refractivity contribution is 1.32. The zero-order valence-electron chi connectivity index (χ0n) is 12.5. The van der Waals surface area contributed by atoms with Crippen LogP contribution in [-0.4, -0.2) is 9.97 Å². The van der Waals surface area contributed by atoms with E-state index in [1.165, 1.54) is 0 Å². The largest absolute Gasteiger partial charge is 0.337 e. The maximum Gasteiger partial charge on any atom is 0.139 e. The summed E-state index contributed by atoms with van der Waals surface area (Å²) in [6, 6.07) is 17.6. The van der Waals surface area contributed by atoms with Crippen LogP contribution in [0.25, 0.3) is 33.9 Å². The number of nitrogens with zero attached hydrogens (tertiary/aromatic N) is 1. The molecule has 2 heterocycles. The summed E-state index contributed by atoms with van der Waals surface area (Å²) in [6.07, 6.45) is 0. The summed E-state index contributed by atoms with van der Waals surface area (Å²) in [6.45, 7) is 0. The van der Waals surface area contributed by atoms with Gasteiger partial charge in [0.2, 0.25) is 0 Å². The summed E-state index contributed by atoms with van der Waals surface area (Å²) in [7, 11) is 0. The molecule has 24 heavy (non-hydrogen) atoms. The third-order valence-corrected chi connectivity index (χ3v) is 4.99. The molecular weight excluding hydrogens is 359 g/mol. The van der Waals surface area contributed by atoms with Gasteiger partial charge in [-0.25, -0.2) is 4.98 Å². The normalized spacial score (nSPS) is 10.9. The number of thiophene rings is 1. The van der Waals surface area contributed by atoms with Gasteiger partial charge in [-0.15, -0.1) is 0 Å². The van der Waals surface area contributed by atoms with Crippen LogP contribution in [0.3, 0.4) is 0 Å². The van der Waals surface area contributed by atoms with Gasteiger partial charge < -0.3 is 4.98 Å². The van der Waals surface area contributed by atoms with E-state index in [9.17, 15) is 0 Å². The Labute approximate surface area is 153 Å². The van der Waals surface area contributed by atoms with E-state index in [1.807, 2.05) is 47.8 Å². The molecule has 2 nitrogen and oxygen atoms in total. The lowest BCUT2D eigenvalue weighted by atomic mass is 10.1. The number of imidazole rings is 1. The molecule has 0 spiro atoms. The predicted octanol–water partition coefficient (Wildman–Crippen LogP) is 6.78. The Balaban J connectivity index is 1.96. The Morgan fingerprint density at radius 3 is 2.50 bits per heavy atom. The fourth-order valence-electron chi connectivity index (χ4n) is 2.60. The molecule has 0 aliphatic heterocycles. The van der Waals surface area contributed by atoms with Gasteiger partial charge >= 0.3 is 0 Å². The van der Waals surface area contributed by atoms with Crippen LogP contribution in [0, 0.1) is 0 Å². The Hall–Kier alpha value is -2.07. The first-order valence-corrected chi connectivity index (χ1v) is 9.05. The second-order valence-electron chi connectivity index (χ2n) is 5.31. The lowest BCUT2D eigenvalue weighted by Gasteiger charge is -2.05. The van der Waals surface area contributed by atoms with E-state index in [1.54, 1.807) is 23.5 Å². The van der Waals surface area contributed by atoms with Crippen molar-refractivity contribution in [2.24, 2.45) is 0 Å². The highest BCUT2D eigenvalue weighted by Crippen LogP contribution is 2.37. The molecular formula is C19H12Cl2N2S. The van der Waals surface area contributed by atoms with Gasteiger partial charge in [-0.3, -0.25) is 0 Å². The zero-order chi connectivity index (χ0) is 16.5. The van der Waals surface area contributed by atoms with Gasteiger partial charge in [0, 0.05) is 27.1 Å². The van der Waals surface area contributed by atoms with Gasteiger partial charge in [0.25, 0.3) is 0 Å². The molecule has 0 aliphatic rings. The number of rotatable bonds is 3. The first-order chi connectivity index (χ1) is 11.7. The minimum absolute atomic E-state index is 0.625. The van der Waals surface area contributed by atoms with Crippen LogP contribution in [-0.2, 0) is 0 Å². The molecule has 2 aromatic heterocycles.